The zero-order chi connectivity index (χ0) is 13.0. The lowest BCUT2D eigenvalue weighted by Gasteiger charge is -2.11. The van der Waals surface area contributed by atoms with Crippen molar-refractivity contribution < 1.29 is 9.13 Å². The second-order valence-electron chi connectivity index (χ2n) is 3.84. The highest BCUT2D eigenvalue weighted by Crippen LogP contribution is 2.25. The van der Waals surface area contributed by atoms with Crippen molar-refractivity contribution in [3.05, 3.63) is 42.0 Å². The number of rotatable bonds is 5. The summed E-state index contributed by atoms with van der Waals surface area (Å²) in [6, 6.07) is 6.38. The largest absolute Gasteiger partial charge is 0.494 e. The van der Waals surface area contributed by atoms with E-state index < -0.39 is 0 Å². The van der Waals surface area contributed by atoms with Crippen LogP contribution in [0.3, 0.4) is 0 Å². The third-order valence-corrected chi connectivity index (χ3v) is 2.73. The molecule has 1 aromatic carbocycles. The molecule has 0 atom stereocenters. The summed E-state index contributed by atoms with van der Waals surface area (Å²) in [6.45, 7) is 3.48. The summed E-state index contributed by atoms with van der Waals surface area (Å²) < 4.78 is 20.1. The van der Waals surface area contributed by atoms with Gasteiger partial charge in [-0.05, 0) is 25.1 Å². The van der Waals surface area contributed by atoms with Gasteiger partial charge in [0.1, 0.15) is 11.6 Å². The van der Waals surface area contributed by atoms with Gasteiger partial charge in [0.15, 0.2) is 0 Å². The van der Waals surface area contributed by atoms with E-state index in [1.165, 1.54) is 19.2 Å². The standard InChI is InChI=1S/C13H16FN3O/c1-3-17-11(6-7-16-17)9-15-12-5-4-10(14)8-13(12)18-2/h4-8,15H,3,9H2,1-2H3. The highest BCUT2D eigenvalue weighted by Gasteiger charge is 2.05. The molecule has 0 aliphatic rings. The van der Waals surface area contributed by atoms with E-state index in [4.69, 9.17) is 4.74 Å². The molecule has 1 N–H and O–H groups in total. The maximum absolute atomic E-state index is 13.0. The van der Waals surface area contributed by atoms with Crippen molar-refractivity contribution in [3.63, 3.8) is 0 Å². The van der Waals surface area contributed by atoms with Gasteiger partial charge in [-0.2, -0.15) is 5.10 Å². The number of methoxy groups -OCH3 is 1. The topological polar surface area (TPSA) is 39.1 Å². The zero-order valence-corrected chi connectivity index (χ0v) is 10.5. The summed E-state index contributed by atoms with van der Waals surface area (Å²) in [5.41, 5.74) is 1.84. The molecule has 18 heavy (non-hydrogen) atoms. The van der Waals surface area contributed by atoms with E-state index in [0.29, 0.717) is 12.3 Å². The number of halogens is 1. The van der Waals surface area contributed by atoms with Gasteiger partial charge in [0.05, 0.1) is 25.0 Å². The van der Waals surface area contributed by atoms with Crippen LogP contribution in [0.4, 0.5) is 10.1 Å². The predicted octanol–water partition coefficient (Wildman–Crippen LogP) is 2.66. The molecule has 1 heterocycles. The minimum atomic E-state index is -0.309. The summed E-state index contributed by atoms with van der Waals surface area (Å²) in [6.07, 6.45) is 1.77. The summed E-state index contributed by atoms with van der Waals surface area (Å²) in [5.74, 6) is 0.188. The number of aromatic nitrogens is 2. The van der Waals surface area contributed by atoms with Crippen LogP contribution in [0.1, 0.15) is 12.6 Å². The Hall–Kier alpha value is -2.04. The summed E-state index contributed by atoms with van der Waals surface area (Å²) >= 11 is 0. The summed E-state index contributed by atoms with van der Waals surface area (Å²) in [5, 5.41) is 7.41. The Bertz CT molecular complexity index is 525. The first kappa shape index (κ1) is 12.4. The Labute approximate surface area is 105 Å². The van der Waals surface area contributed by atoms with Crippen molar-refractivity contribution in [1.82, 2.24) is 9.78 Å². The second kappa shape index (κ2) is 5.53. The third-order valence-electron chi connectivity index (χ3n) is 2.73. The van der Waals surface area contributed by atoms with Gasteiger partial charge < -0.3 is 10.1 Å². The molecule has 0 amide bonds. The van der Waals surface area contributed by atoms with E-state index in [-0.39, 0.29) is 5.82 Å². The summed E-state index contributed by atoms with van der Waals surface area (Å²) in [4.78, 5) is 0. The molecule has 5 heteroatoms. The van der Waals surface area contributed by atoms with Crippen LogP contribution in [-0.4, -0.2) is 16.9 Å². The van der Waals surface area contributed by atoms with Crippen LogP contribution < -0.4 is 10.1 Å². The third kappa shape index (κ3) is 2.61. The fraction of sp³-hybridized carbons (Fsp3) is 0.308. The Morgan fingerprint density at radius 3 is 2.94 bits per heavy atom. The van der Waals surface area contributed by atoms with Gasteiger partial charge in [0.2, 0.25) is 0 Å². The van der Waals surface area contributed by atoms with Crippen LogP contribution >= 0.6 is 0 Å². The number of nitrogens with zero attached hydrogens (tertiary/aromatic N) is 2. The van der Waals surface area contributed by atoms with Crippen molar-refractivity contribution >= 4 is 5.69 Å². The van der Waals surface area contributed by atoms with Crippen LogP contribution in [-0.2, 0) is 13.1 Å². The molecule has 0 aliphatic carbocycles. The number of anilines is 1. The second-order valence-corrected chi connectivity index (χ2v) is 3.84. The van der Waals surface area contributed by atoms with Crippen LogP contribution in [0.2, 0.25) is 0 Å². The number of nitrogens with one attached hydrogen (secondary N) is 1. The zero-order valence-electron chi connectivity index (χ0n) is 10.5. The first-order chi connectivity index (χ1) is 8.74. The molecule has 0 unspecified atom stereocenters. The maximum Gasteiger partial charge on any atom is 0.144 e. The van der Waals surface area contributed by atoms with Gasteiger partial charge in [-0.25, -0.2) is 4.39 Å². The molecule has 0 saturated carbocycles. The first-order valence-corrected chi connectivity index (χ1v) is 5.82. The Morgan fingerprint density at radius 2 is 2.22 bits per heavy atom. The average Bonchev–Trinajstić information content (AvgIpc) is 2.84. The molecule has 2 rings (SSSR count). The van der Waals surface area contributed by atoms with Gasteiger partial charge >= 0.3 is 0 Å². The highest BCUT2D eigenvalue weighted by molar-refractivity contribution is 5.56. The molecule has 0 fully saturated rings. The minimum absolute atomic E-state index is 0.309. The highest BCUT2D eigenvalue weighted by atomic mass is 19.1. The molecule has 0 spiro atoms. The Kier molecular flexibility index (Phi) is 3.82. The fourth-order valence-corrected chi connectivity index (χ4v) is 1.79. The normalized spacial score (nSPS) is 10.4. The van der Waals surface area contributed by atoms with Crippen LogP contribution in [0, 0.1) is 5.82 Å². The molecule has 0 saturated heterocycles. The molecule has 0 radical (unpaired) electrons. The van der Waals surface area contributed by atoms with E-state index in [2.05, 4.69) is 10.4 Å². The van der Waals surface area contributed by atoms with Crippen LogP contribution in [0.25, 0.3) is 0 Å². The van der Waals surface area contributed by atoms with E-state index in [9.17, 15) is 4.39 Å². The lowest BCUT2D eigenvalue weighted by Crippen LogP contribution is -2.08. The monoisotopic (exact) mass is 249 g/mol. The van der Waals surface area contributed by atoms with Gasteiger partial charge in [-0.1, -0.05) is 0 Å². The first-order valence-electron chi connectivity index (χ1n) is 5.82. The molecule has 0 aliphatic heterocycles. The molecule has 0 bridgehead atoms. The SMILES string of the molecule is CCn1nccc1CNc1ccc(F)cc1OC. The van der Waals surface area contributed by atoms with Gasteiger partial charge in [0.25, 0.3) is 0 Å². The molecular formula is C13H16FN3O. The summed E-state index contributed by atoms with van der Waals surface area (Å²) in [7, 11) is 1.52. The minimum Gasteiger partial charge on any atom is -0.494 e. The average molecular weight is 249 g/mol. The van der Waals surface area contributed by atoms with Gasteiger partial charge in [-0.3, -0.25) is 4.68 Å². The van der Waals surface area contributed by atoms with Crippen molar-refractivity contribution in [1.29, 1.82) is 0 Å². The number of benzene rings is 1. The number of hydrogen-bond acceptors (Lipinski definition) is 3. The van der Waals surface area contributed by atoms with Crippen LogP contribution in [0.15, 0.2) is 30.5 Å². The van der Waals surface area contributed by atoms with Gasteiger partial charge in [-0.15, -0.1) is 0 Å². The molecule has 96 valence electrons. The fourth-order valence-electron chi connectivity index (χ4n) is 1.79. The number of hydrogen-bond donors (Lipinski definition) is 1. The quantitative estimate of drug-likeness (QED) is 0.885. The number of ether oxygens (including phenoxy) is 1. The molecule has 2 aromatic rings. The van der Waals surface area contributed by atoms with Crippen LogP contribution in [0.5, 0.6) is 5.75 Å². The Balaban J connectivity index is 2.10. The van der Waals surface area contributed by atoms with E-state index in [1.807, 2.05) is 17.7 Å². The molecular weight excluding hydrogens is 233 g/mol. The lowest BCUT2D eigenvalue weighted by molar-refractivity contribution is 0.413. The van der Waals surface area contributed by atoms with E-state index in [0.717, 1.165) is 17.9 Å². The van der Waals surface area contributed by atoms with E-state index >= 15 is 0 Å². The van der Waals surface area contributed by atoms with E-state index in [1.54, 1.807) is 12.3 Å². The van der Waals surface area contributed by atoms with Crippen molar-refractivity contribution in [3.8, 4) is 5.75 Å². The smallest absolute Gasteiger partial charge is 0.144 e. The van der Waals surface area contributed by atoms with Crippen molar-refractivity contribution in [2.24, 2.45) is 0 Å². The van der Waals surface area contributed by atoms with Crippen molar-refractivity contribution in [2.75, 3.05) is 12.4 Å². The maximum atomic E-state index is 13.0. The number of aryl methyl sites for hydroxylation is 1. The van der Waals surface area contributed by atoms with Gasteiger partial charge in [0, 0.05) is 18.8 Å². The molecule has 4 nitrogen and oxygen atoms in total. The predicted molar refractivity (Wildman–Crippen MR) is 68.2 cm³/mol. The Morgan fingerprint density at radius 1 is 1.39 bits per heavy atom. The van der Waals surface area contributed by atoms with Crippen molar-refractivity contribution in [2.45, 2.75) is 20.0 Å². The molecule has 1 aromatic heterocycles. The lowest BCUT2D eigenvalue weighted by atomic mass is 10.2.